The predicted octanol–water partition coefficient (Wildman–Crippen LogP) is 3.06. The molecule has 0 fully saturated rings. The van der Waals surface area contributed by atoms with Crippen LogP contribution in [0.5, 0.6) is 5.75 Å². The molecule has 0 saturated heterocycles. The van der Waals surface area contributed by atoms with E-state index in [-0.39, 0.29) is 0 Å². The Labute approximate surface area is 84.1 Å². The Morgan fingerprint density at radius 3 is 2.79 bits per heavy atom. The maximum absolute atomic E-state index is 5.47. The molecule has 0 atom stereocenters. The topological polar surface area (TPSA) is 14.2 Å². The molecule has 1 aromatic carbocycles. The molecular weight excluding hydrogens is 174 g/mol. The molecule has 0 aliphatic carbocycles. The molecule has 2 heteroatoms. The number of aryl methyl sites for hydroxylation is 1. The molecule has 0 unspecified atom stereocenters. The summed E-state index contributed by atoms with van der Waals surface area (Å²) >= 11 is 0. The van der Waals surface area contributed by atoms with E-state index in [2.05, 4.69) is 35.9 Å². The number of aromatic nitrogens is 1. The monoisotopic (exact) mass is 189 g/mol. The SMILES string of the molecule is CCOc1ccc2ccn(CC)c2c1. The minimum Gasteiger partial charge on any atom is -0.494 e. The van der Waals surface area contributed by atoms with Gasteiger partial charge in [-0.3, -0.25) is 0 Å². The van der Waals surface area contributed by atoms with Crippen LogP contribution >= 0.6 is 0 Å². The average molecular weight is 189 g/mol. The van der Waals surface area contributed by atoms with Gasteiger partial charge in [-0.25, -0.2) is 0 Å². The van der Waals surface area contributed by atoms with E-state index in [9.17, 15) is 0 Å². The van der Waals surface area contributed by atoms with E-state index < -0.39 is 0 Å². The van der Waals surface area contributed by atoms with E-state index >= 15 is 0 Å². The molecule has 1 heterocycles. The van der Waals surface area contributed by atoms with Crippen molar-refractivity contribution in [1.82, 2.24) is 4.57 Å². The molecule has 14 heavy (non-hydrogen) atoms. The highest BCUT2D eigenvalue weighted by molar-refractivity contribution is 5.81. The molecule has 2 aromatic rings. The lowest BCUT2D eigenvalue weighted by Gasteiger charge is -2.04. The summed E-state index contributed by atoms with van der Waals surface area (Å²) in [7, 11) is 0. The van der Waals surface area contributed by atoms with Crippen molar-refractivity contribution < 1.29 is 4.74 Å². The second-order valence-electron chi connectivity index (χ2n) is 3.26. The Morgan fingerprint density at radius 1 is 1.21 bits per heavy atom. The summed E-state index contributed by atoms with van der Waals surface area (Å²) in [5.74, 6) is 0.952. The Bertz CT molecular complexity index is 431. The summed E-state index contributed by atoms with van der Waals surface area (Å²) in [5.41, 5.74) is 1.25. The maximum atomic E-state index is 5.47. The van der Waals surface area contributed by atoms with Gasteiger partial charge in [0.1, 0.15) is 5.75 Å². The van der Waals surface area contributed by atoms with Crippen LogP contribution < -0.4 is 4.74 Å². The van der Waals surface area contributed by atoms with Crippen LogP contribution in [0.4, 0.5) is 0 Å². The molecule has 0 saturated carbocycles. The fraction of sp³-hybridized carbons (Fsp3) is 0.333. The van der Waals surface area contributed by atoms with Crippen molar-refractivity contribution in [1.29, 1.82) is 0 Å². The van der Waals surface area contributed by atoms with E-state index in [0.29, 0.717) is 0 Å². The van der Waals surface area contributed by atoms with Crippen molar-refractivity contribution in [3.8, 4) is 5.75 Å². The predicted molar refractivity (Wildman–Crippen MR) is 58.8 cm³/mol. The van der Waals surface area contributed by atoms with Crippen molar-refractivity contribution >= 4 is 10.9 Å². The summed E-state index contributed by atoms with van der Waals surface area (Å²) in [6, 6.07) is 8.36. The van der Waals surface area contributed by atoms with E-state index in [1.54, 1.807) is 0 Å². The summed E-state index contributed by atoms with van der Waals surface area (Å²) in [6.07, 6.45) is 2.11. The lowest BCUT2D eigenvalue weighted by molar-refractivity contribution is 0.340. The summed E-state index contributed by atoms with van der Waals surface area (Å²) in [5, 5.41) is 1.27. The van der Waals surface area contributed by atoms with Crippen LogP contribution in [0.15, 0.2) is 30.5 Å². The Hall–Kier alpha value is -1.44. The van der Waals surface area contributed by atoms with Crippen molar-refractivity contribution in [2.75, 3.05) is 6.61 Å². The highest BCUT2D eigenvalue weighted by Gasteiger charge is 2.00. The standard InChI is InChI=1S/C12H15NO/c1-3-13-8-7-10-5-6-11(14-4-2)9-12(10)13/h5-9H,3-4H2,1-2H3. The fourth-order valence-corrected chi connectivity index (χ4v) is 1.70. The molecule has 0 bridgehead atoms. The molecule has 0 aliphatic rings. The van der Waals surface area contributed by atoms with Gasteiger partial charge in [0.25, 0.3) is 0 Å². The van der Waals surface area contributed by atoms with Gasteiger partial charge in [0.2, 0.25) is 0 Å². The van der Waals surface area contributed by atoms with Gasteiger partial charge in [0, 0.05) is 18.8 Å². The van der Waals surface area contributed by atoms with E-state index in [4.69, 9.17) is 4.74 Å². The van der Waals surface area contributed by atoms with Crippen molar-refractivity contribution in [2.24, 2.45) is 0 Å². The van der Waals surface area contributed by atoms with Crippen molar-refractivity contribution in [3.05, 3.63) is 30.5 Å². The lowest BCUT2D eigenvalue weighted by Crippen LogP contribution is -1.93. The highest BCUT2D eigenvalue weighted by atomic mass is 16.5. The van der Waals surface area contributed by atoms with Crippen molar-refractivity contribution in [2.45, 2.75) is 20.4 Å². The fourth-order valence-electron chi connectivity index (χ4n) is 1.70. The number of nitrogens with zero attached hydrogens (tertiary/aromatic N) is 1. The summed E-state index contributed by atoms with van der Waals surface area (Å²) in [6.45, 7) is 5.87. The third kappa shape index (κ3) is 1.48. The van der Waals surface area contributed by atoms with Crippen LogP contribution in [-0.4, -0.2) is 11.2 Å². The minimum atomic E-state index is 0.721. The number of hydrogen-bond acceptors (Lipinski definition) is 1. The Morgan fingerprint density at radius 2 is 2.07 bits per heavy atom. The van der Waals surface area contributed by atoms with E-state index in [1.165, 1.54) is 10.9 Å². The molecule has 2 nitrogen and oxygen atoms in total. The molecule has 0 amide bonds. The number of hydrogen-bond donors (Lipinski definition) is 0. The van der Waals surface area contributed by atoms with Gasteiger partial charge in [-0.05, 0) is 37.4 Å². The van der Waals surface area contributed by atoms with Crippen LogP contribution in [0.2, 0.25) is 0 Å². The zero-order valence-corrected chi connectivity index (χ0v) is 8.66. The smallest absolute Gasteiger partial charge is 0.121 e. The lowest BCUT2D eigenvalue weighted by atomic mass is 10.2. The maximum Gasteiger partial charge on any atom is 0.121 e. The molecule has 1 aromatic heterocycles. The third-order valence-electron chi connectivity index (χ3n) is 2.40. The number of fused-ring (bicyclic) bond motifs is 1. The van der Waals surface area contributed by atoms with Crippen LogP contribution in [0.3, 0.4) is 0 Å². The zero-order valence-electron chi connectivity index (χ0n) is 8.66. The third-order valence-corrected chi connectivity index (χ3v) is 2.40. The number of rotatable bonds is 3. The molecule has 0 aliphatic heterocycles. The number of ether oxygens (including phenoxy) is 1. The molecule has 0 radical (unpaired) electrons. The summed E-state index contributed by atoms with van der Waals surface area (Å²) < 4.78 is 7.69. The second-order valence-corrected chi connectivity index (χ2v) is 3.26. The van der Waals surface area contributed by atoms with Gasteiger partial charge in [0.15, 0.2) is 0 Å². The largest absolute Gasteiger partial charge is 0.494 e. The highest BCUT2D eigenvalue weighted by Crippen LogP contribution is 2.21. The van der Waals surface area contributed by atoms with Gasteiger partial charge in [-0.2, -0.15) is 0 Å². The second kappa shape index (κ2) is 3.74. The molecule has 0 N–H and O–H groups in total. The van der Waals surface area contributed by atoms with Crippen LogP contribution in [0, 0.1) is 0 Å². The van der Waals surface area contributed by atoms with Crippen LogP contribution in [0.25, 0.3) is 10.9 Å². The van der Waals surface area contributed by atoms with Gasteiger partial charge in [0.05, 0.1) is 12.1 Å². The Balaban J connectivity index is 2.50. The summed E-state index contributed by atoms with van der Waals surface area (Å²) in [4.78, 5) is 0. The first-order chi connectivity index (χ1) is 6.85. The van der Waals surface area contributed by atoms with Crippen molar-refractivity contribution in [3.63, 3.8) is 0 Å². The van der Waals surface area contributed by atoms with Gasteiger partial charge in [-0.15, -0.1) is 0 Å². The first-order valence-corrected chi connectivity index (χ1v) is 5.07. The van der Waals surface area contributed by atoms with Gasteiger partial charge in [-0.1, -0.05) is 0 Å². The zero-order chi connectivity index (χ0) is 9.97. The first-order valence-electron chi connectivity index (χ1n) is 5.07. The molecule has 74 valence electrons. The quantitative estimate of drug-likeness (QED) is 0.723. The Kier molecular flexibility index (Phi) is 2.44. The average Bonchev–Trinajstić information content (AvgIpc) is 2.60. The van der Waals surface area contributed by atoms with Crippen LogP contribution in [0.1, 0.15) is 13.8 Å². The van der Waals surface area contributed by atoms with E-state index in [1.807, 2.05) is 13.0 Å². The van der Waals surface area contributed by atoms with E-state index in [0.717, 1.165) is 18.9 Å². The molecule has 0 spiro atoms. The van der Waals surface area contributed by atoms with Gasteiger partial charge >= 0.3 is 0 Å². The van der Waals surface area contributed by atoms with Gasteiger partial charge < -0.3 is 9.30 Å². The minimum absolute atomic E-state index is 0.721. The normalized spacial score (nSPS) is 10.7. The van der Waals surface area contributed by atoms with Crippen LogP contribution in [-0.2, 0) is 6.54 Å². The molecular formula is C12H15NO. The number of benzene rings is 1. The first kappa shape index (κ1) is 9.13. The molecule has 2 rings (SSSR count).